The average molecular weight is 359 g/mol. The summed E-state index contributed by atoms with van der Waals surface area (Å²) in [4.78, 5) is 11.5. The largest absolute Gasteiger partial charge is 0.341 e. The van der Waals surface area contributed by atoms with Gasteiger partial charge < -0.3 is 10.2 Å². The van der Waals surface area contributed by atoms with E-state index in [1.54, 1.807) is 10.9 Å². The first kappa shape index (κ1) is 17.5. The van der Waals surface area contributed by atoms with E-state index in [0.717, 1.165) is 52.6 Å². The molecule has 0 unspecified atom stereocenters. The van der Waals surface area contributed by atoms with Gasteiger partial charge in [0.25, 0.3) is 0 Å². The van der Waals surface area contributed by atoms with Crippen LogP contribution in [0.1, 0.15) is 26.3 Å². The van der Waals surface area contributed by atoms with Crippen LogP contribution in [-0.4, -0.2) is 32.8 Å². The Hall–Kier alpha value is -2.34. The zero-order valence-corrected chi connectivity index (χ0v) is 15.8. The molecule has 7 heteroatoms. The van der Waals surface area contributed by atoms with E-state index in [-0.39, 0.29) is 0 Å². The molecular weight excluding hydrogens is 336 g/mol. The molecule has 0 aliphatic heterocycles. The van der Waals surface area contributed by atoms with E-state index in [9.17, 15) is 0 Å². The Balaban J connectivity index is 2.06. The number of hydrogen-bond donors (Lipinski definition) is 1. The van der Waals surface area contributed by atoms with Gasteiger partial charge in [-0.2, -0.15) is 15.1 Å². The second kappa shape index (κ2) is 7.27. The van der Waals surface area contributed by atoms with E-state index in [4.69, 9.17) is 16.6 Å². The minimum Gasteiger partial charge on any atom is -0.341 e. The third kappa shape index (κ3) is 3.39. The number of rotatable bonds is 6. The number of hydrogen-bond acceptors (Lipinski definition) is 5. The van der Waals surface area contributed by atoms with Gasteiger partial charge in [0, 0.05) is 30.8 Å². The van der Waals surface area contributed by atoms with Gasteiger partial charge in [0.1, 0.15) is 5.82 Å². The highest BCUT2D eigenvalue weighted by molar-refractivity contribution is 6.31. The lowest BCUT2D eigenvalue weighted by molar-refractivity contribution is 0.776. The summed E-state index contributed by atoms with van der Waals surface area (Å²) in [6, 6.07) is 5.99. The van der Waals surface area contributed by atoms with Crippen molar-refractivity contribution in [2.45, 2.75) is 27.2 Å². The van der Waals surface area contributed by atoms with Crippen molar-refractivity contribution in [3.63, 3.8) is 0 Å². The van der Waals surface area contributed by atoms with Gasteiger partial charge >= 0.3 is 0 Å². The van der Waals surface area contributed by atoms with Crippen molar-refractivity contribution in [1.29, 1.82) is 0 Å². The van der Waals surface area contributed by atoms with E-state index < -0.39 is 0 Å². The molecule has 0 bridgehead atoms. The lowest BCUT2D eigenvalue weighted by Crippen LogP contribution is -2.24. The second-order valence-electron chi connectivity index (χ2n) is 5.83. The topological polar surface area (TPSA) is 58.9 Å². The van der Waals surface area contributed by atoms with Crippen LogP contribution < -0.4 is 10.2 Å². The number of nitrogens with one attached hydrogen (secondary N) is 1. The Kier molecular flexibility index (Phi) is 5.08. The zero-order chi connectivity index (χ0) is 18.0. The second-order valence-corrected chi connectivity index (χ2v) is 6.24. The molecule has 25 heavy (non-hydrogen) atoms. The SMILES string of the molecule is CCc1ccc(Nc2nc(N(CC)CC)nc3c2cnn3C)cc1Cl. The van der Waals surface area contributed by atoms with Crippen LogP contribution in [0.3, 0.4) is 0 Å². The van der Waals surface area contributed by atoms with Gasteiger partial charge in [-0.15, -0.1) is 0 Å². The summed E-state index contributed by atoms with van der Waals surface area (Å²) in [5.74, 6) is 1.43. The molecule has 0 amide bonds. The fraction of sp³-hybridized carbons (Fsp3) is 0.389. The van der Waals surface area contributed by atoms with Crippen LogP contribution in [0.15, 0.2) is 24.4 Å². The number of halogens is 1. The lowest BCUT2D eigenvalue weighted by Gasteiger charge is -2.19. The van der Waals surface area contributed by atoms with Crippen LogP contribution in [0, 0.1) is 0 Å². The van der Waals surface area contributed by atoms with Crippen LogP contribution in [0.2, 0.25) is 5.02 Å². The van der Waals surface area contributed by atoms with Crippen LogP contribution >= 0.6 is 11.6 Å². The van der Waals surface area contributed by atoms with Gasteiger partial charge in [-0.1, -0.05) is 24.6 Å². The summed E-state index contributed by atoms with van der Waals surface area (Å²) in [6.45, 7) is 7.97. The van der Waals surface area contributed by atoms with Crippen molar-refractivity contribution >= 4 is 40.1 Å². The quantitative estimate of drug-likeness (QED) is 0.716. The zero-order valence-electron chi connectivity index (χ0n) is 15.0. The Labute approximate surface area is 152 Å². The number of fused-ring (bicyclic) bond motifs is 1. The predicted octanol–water partition coefficient (Wildman–Crippen LogP) is 4.17. The molecule has 3 aromatic rings. The highest BCUT2D eigenvalue weighted by Crippen LogP contribution is 2.28. The van der Waals surface area contributed by atoms with E-state index in [1.165, 1.54) is 0 Å². The molecule has 2 aromatic heterocycles. The molecule has 6 nitrogen and oxygen atoms in total. The molecule has 0 spiro atoms. The average Bonchev–Trinajstić information content (AvgIpc) is 2.98. The van der Waals surface area contributed by atoms with Gasteiger partial charge in [-0.25, -0.2) is 0 Å². The van der Waals surface area contributed by atoms with E-state index >= 15 is 0 Å². The fourth-order valence-corrected chi connectivity index (χ4v) is 3.12. The predicted molar refractivity (Wildman–Crippen MR) is 104 cm³/mol. The molecule has 132 valence electrons. The summed E-state index contributed by atoms with van der Waals surface area (Å²) in [5, 5.41) is 9.35. The summed E-state index contributed by atoms with van der Waals surface area (Å²) in [5.41, 5.74) is 2.83. The third-order valence-electron chi connectivity index (χ3n) is 4.32. The first-order valence-electron chi connectivity index (χ1n) is 8.57. The van der Waals surface area contributed by atoms with Crippen molar-refractivity contribution in [3.8, 4) is 0 Å². The Morgan fingerprint density at radius 1 is 1.16 bits per heavy atom. The summed E-state index contributed by atoms with van der Waals surface area (Å²) in [6.07, 6.45) is 2.69. The molecule has 0 aliphatic rings. The lowest BCUT2D eigenvalue weighted by atomic mass is 10.1. The normalized spacial score (nSPS) is 11.1. The molecule has 0 fully saturated rings. The van der Waals surface area contributed by atoms with Crippen LogP contribution in [0.25, 0.3) is 11.0 Å². The smallest absolute Gasteiger partial charge is 0.229 e. The van der Waals surface area contributed by atoms with Gasteiger partial charge in [0.2, 0.25) is 5.95 Å². The summed E-state index contributed by atoms with van der Waals surface area (Å²) in [7, 11) is 1.89. The molecule has 0 aliphatic carbocycles. The molecule has 2 heterocycles. The molecule has 0 radical (unpaired) electrons. The summed E-state index contributed by atoms with van der Waals surface area (Å²) < 4.78 is 1.77. The van der Waals surface area contributed by atoms with Crippen molar-refractivity contribution in [2.24, 2.45) is 7.05 Å². The third-order valence-corrected chi connectivity index (χ3v) is 4.68. The van der Waals surface area contributed by atoms with E-state index in [2.05, 4.69) is 41.1 Å². The Morgan fingerprint density at radius 3 is 2.56 bits per heavy atom. The molecule has 3 rings (SSSR count). The standard InChI is InChI=1S/C18H23ClN6/c1-5-12-8-9-13(10-15(12)19)21-16-14-11-20-24(4)17(14)23-18(22-16)25(6-2)7-3/h8-11H,5-7H2,1-4H3,(H,21,22,23). The number of anilines is 3. The highest BCUT2D eigenvalue weighted by Gasteiger charge is 2.15. The van der Waals surface area contributed by atoms with Crippen molar-refractivity contribution < 1.29 is 0 Å². The minimum atomic E-state index is 0.694. The Morgan fingerprint density at radius 2 is 1.92 bits per heavy atom. The van der Waals surface area contributed by atoms with Gasteiger partial charge in [0.15, 0.2) is 5.65 Å². The molecule has 0 saturated heterocycles. The summed E-state index contributed by atoms with van der Waals surface area (Å²) >= 11 is 6.35. The molecule has 0 saturated carbocycles. The number of nitrogens with zero attached hydrogens (tertiary/aromatic N) is 5. The van der Waals surface area contributed by atoms with E-state index in [1.807, 2.05) is 25.2 Å². The highest BCUT2D eigenvalue weighted by atomic mass is 35.5. The van der Waals surface area contributed by atoms with Crippen molar-refractivity contribution in [1.82, 2.24) is 19.7 Å². The van der Waals surface area contributed by atoms with Gasteiger partial charge in [0.05, 0.1) is 11.6 Å². The maximum absolute atomic E-state index is 6.35. The van der Waals surface area contributed by atoms with Crippen LogP contribution in [0.4, 0.5) is 17.5 Å². The molecule has 0 atom stereocenters. The van der Waals surface area contributed by atoms with Crippen molar-refractivity contribution in [3.05, 3.63) is 35.0 Å². The Bertz CT molecular complexity index is 885. The first-order valence-corrected chi connectivity index (χ1v) is 8.95. The number of aromatic nitrogens is 4. The van der Waals surface area contributed by atoms with E-state index in [0.29, 0.717) is 5.95 Å². The molecule has 1 aromatic carbocycles. The monoisotopic (exact) mass is 358 g/mol. The van der Waals surface area contributed by atoms with Crippen LogP contribution in [-0.2, 0) is 13.5 Å². The number of benzene rings is 1. The minimum absolute atomic E-state index is 0.694. The fourth-order valence-electron chi connectivity index (χ4n) is 2.80. The maximum Gasteiger partial charge on any atom is 0.229 e. The van der Waals surface area contributed by atoms with Gasteiger partial charge in [-0.05, 0) is 38.0 Å². The maximum atomic E-state index is 6.35. The molecular formula is C18H23ClN6. The number of aryl methyl sites for hydroxylation is 2. The molecule has 1 N–H and O–H groups in total. The van der Waals surface area contributed by atoms with Gasteiger partial charge in [-0.3, -0.25) is 4.68 Å². The van der Waals surface area contributed by atoms with Crippen molar-refractivity contribution in [2.75, 3.05) is 23.3 Å². The first-order chi connectivity index (χ1) is 12.1. The van der Waals surface area contributed by atoms with Crippen LogP contribution in [0.5, 0.6) is 0 Å².